The summed E-state index contributed by atoms with van der Waals surface area (Å²) in [6, 6.07) is 66.7. The fraction of sp³-hybridized carbons (Fsp3) is 0. The molecule has 9 aromatic carbocycles. The SMILES string of the molecule is c1ccc(-c2ccc(-n3c4ccccc4c4ccc5c6ccccc6n(-c6ccc7c8ccccc8c8ccccc8c7c6)c5c43)cc2)cc1. The molecular formula is C48H30N2. The molecule has 11 rings (SSSR count). The maximum atomic E-state index is 2.50. The molecule has 50 heavy (non-hydrogen) atoms. The van der Waals surface area contributed by atoms with Crippen LogP contribution in [0, 0.1) is 0 Å². The Bertz CT molecular complexity index is 3090. The number of nitrogens with zero attached hydrogens (tertiary/aromatic N) is 2. The Morgan fingerprint density at radius 3 is 1.18 bits per heavy atom. The summed E-state index contributed by atoms with van der Waals surface area (Å²) < 4.78 is 4.98. The zero-order valence-corrected chi connectivity index (χ0v) is 27.2. The van der Waals surface area contributed by atoms with Crippen LogP contribution in [0.25, 0.3) is 98.4 Å². The van der Waals surface area contributed by atoms with Gasteiger partial charge in [-0.3, -0.25) is 0 Å². The van der Waals surface area contributed by atoms with E-state index in [1.54, 1.807) is 0 Å². The van der Waals surface area contributed by atoms with Gasteiger partial charge in [0, 0.05) is 32.9 Å². The molecule has 2 heterocycles. The molecule has 0 spiro atoms. The van der Waals surface area contributed by atoms with Gasteiger partial charge in [-0.15, -0.1) is 0 Å². The van der Waals surface area contributed by atoms with Crippen LogP contribution in [0.5, 0.6) is 0 Å². The van der Waals surface area contributed by atoms with Crippen LogP contribution < -0.4 is 0 Å². The summed E-state index contributed by atoms with van der Waals surface area (Å²) in [6.07, 6.45) is 0. The lowest BCUT2D eigenvalue weighted by Crippen LogP contribution is -1.99. The molecule has 0 N–H and O–H groups in total. The van der Waals surface area contributed by atoms with Crippen LogP contribution in [0.15, 0.2) is 182 Å². The van der Waals surface area contributed by atoms with Crippen molar-refractivity contribution in [3.8, 4) is 22.5 Å². The average Bonchev–Trinajstić information content (AvgIpc) is 3.71. The smallest absolute Gasteiger partial charge is 0.0788 e. The van der Waals surface area contributed by atoms with Gasteiger partial charge in [0.25, 0.3) is 0 Å². The van der Waals surface area contributed by atoms with E-state index in [0.717, 1.165) is 11.4 Å². The molecule has 0 radical (unpaired) electrons. The van der Waals surface area contributed by atoms with Gasteiger partial charge in [-0.05, 0) is 79.8 Å². The van der Waals surface area contributed by atoms with Gasteiger partial charge < -0.3 is 9.13 Å². The molecule has 0 saturated heterocycles. The molecule has 0 fully saturated rings. The minimum absolute atomic E-state index is 1.15. The minimum atomic E-state index is 1.15. The number of para-hydroxylation sites is 2. The number of hydrogen-bond donors (Lipinski definition) is 0. The lowest BCUT2D eigenvalue weighted by molar-refractivity contribution is 1.15. The van der Waals surface area contributed by atoms with E-state index in [4.69, 9.17) is 0 Å². The summed E-state index contributed by atoms with van der Waals surface area (Å²) in [4.78, 5) is 0. The van der Waals surface area contributed by atoms with Gasteiger partial charge in [0.15, 0.2) is 0 Å². The van der Waals surface area contributed by atoms with Crippen LogP contribution in [0.1, 0.15) is 0 Å². The summed E-state index contributed by atoms with van der Waals surface area (Å²) in [5, 5.41) is 12.7. The van der Waals surface area contributed by atoms with Crippen LogP contribution in [-0.4, -0.2) is 9.13 Å². The Morgan fingerprint density at radius 2 is 0.620 bits per heavy atom. The first-order valence-electron chi connectivity index (χ1n) is 17.3. The molecule has 232 valence electrons. The van der Waals surface area contributed by atoms with Gasteiger partial charge in [-0.25, -0.2) is 0 Å². The molecule has 2 nitrogen and oxygen atoms in total. The van der Waals surface area contributed by atoms with Crippen molar-refractivity contribution in [2.75, 3.05) is 0 Å². The largest absolute Gasteiger partial charge is 0.307 e. The van der Waals surface area contributed by atoms with Crippen molar-refractivity contribution in [3.05, 3.63) is 182 Å². The number of benzene rings is 9. The highest BCUT2D eigenvalue weighted by Crippen LogP contribution is 2.43. The summed E-state index contributed by atoms with van der Waals surface area (Å²) in [5.41, 5.74) is 9.59. The van der Waals surface area contributed by atoms with Gasteiger partial charge in [0.1, 0.15) is 0 Å². The molecule has 0 aliphatic rings. The topological polar surface area (TPSA) is 9.86 Å². The third-order valence-electron chi connectivity index (χ3n) is 10.7. The van der Waals surface area contributed by atoms with Crippen LogP contribution in [0.2, 0.25) is 0 Å². The monoisotopic (exact) mass is 634 g/mol. The van der Waals surface area contributed by atoms with Crippen molar-refractivity contribution < 1.29 is 0 Å². The second kappa shape index (κ2) is 10.4. The molecule has 0 bridgehead atoms. The Morgan fingerprint density at radius 1 is 0.240 bits per heavy atom. The predicted octanol–water partition coefficient (Wildman–Crippen LogP) is 13.0. The Hall–Kier alpha value is -6.64. The number of fused-ring (bicyclic) bond motifs is 13. The number of rotatable bonds is 3. The third kappa shape index (κ3) is 3.79. The molecule has 2 heteroatoms. The van der Waals surface area contributed by atoms with Crippen LogP contribution in [-0.2, 0) is 0 Å². The van der Waals surface area contributed by atoms with E-state index in [1.807, 2.05) is 0 Å². The first-order chi connectivity index (χ1) is 24.8. The summed E-state index contributed by atoms with van der Waals surface area (Å²) in [6.45, 7) is 0. The molecule has 0 aliphatic heterocycles. The Balaban J connectivity index is 1.27. The average molecular weight is 635 g/mol. The zero-order chi connectivity index (χ0) is 32.8. The predicted molar refractivity (Wildman–Crippen MR) is 213 cm³/mol. The third-order valence-corrected chi connectivity index (χ3v) is 10.7. The van der Waals surface area contributed by atoms with E-state index < -0.39 is 0 Å². The van der Waals surface area contributed by atoms with Crippen LogP contribution in [0.3, 0.4) is 0 Å². The van der Waals surface area contributed by atoms with Crippen molar-refractivity contribution in [2.24, 2.45) is 0 Å². The zero-order valence-electron chi connectivity index (χ0n) is 27.2. The summed E-state index contributed by atoms with van der Waals surface area (Å²) in [7, 11) is 0. The highest BCUT2D eigenvalue weighted by molar-refractivity contribution is 6.27. The van der Waals surface area contributed by atoms with Gasteiger partial charge in [0.2, 0.25) is 0 Å². The first kappa shape index (κ1) is 27.3. The van der Waals surface area contributed by atoms with E-state index in [2.05, 4.69) is 191 Å². The van der Waals surface area contributed by atoms with Gasteiger partial charge in [0.05, 0.1) is 22.1 Å². The van der Waals surface area contributed by atoms with Gasteiger partial charge in [-0.2, -0.15) is 0 Å². The van der Waals surface area contributed by atoms with Crippen molar-refractivity contribution in [2.45, 2.75) is 0 Å². The van der Waals surface area contributed by atoms with E-state index in [0.29, 0.717) is 0 Å². The molecule has 0 atom stereocenters. The standard InChI is InChI=1S/C48H30N2/c1-2-12-31(13-3-1)32-22-24-33(25-23-32)49-45-20-10-8-18-40(45)42-28-29-43-41-19-9-11-21-46(41)50(48(43)47(42)49)34-26-27-39-37-16-5-4-14-35(37)36-15-6-7-17-38(36)44(39)30-34/h1-30H. The lowest BCUT2D eigenvalue weighted by Gasteiger charge is -2.15. The second-order valence-electron chi connectivity index (χ2n) is 13.3. The highest BCUT2D eigenvalue weighted by atomic mass is 15.0. The second-order valence-corrected chi connectivity index (χ2v) is 13.3. The van der Waals surface area contributed by atoms with Gasteiger partial charge in [-0.1, -0.05) is 146 Å². The molecule has 0 unspecified atom stereocenters. The Kier molecular flexibility index (Phi) is 5.70. The van der Waals surface area contributed by atoms with Crippen molar-refractivity contribution in [1.29, 1.82) is 0 Å². The van der Waals surface area contributed by atoms with Crippen LogP contribution in [0.4, 0.5) is 0 Å². The minimum Gasteiger partial charge on any atom is -0.307 e. The van der Waals surface area contributed by atoms with Gasteiger partial charge >= 0.3 is 0 Å². The summed E-state index contributed by atoms with van der Waals surface area (Å²) in [5.74, 6) is 0. The maximum absolute atomic E-state index is 2.50. The lowest BCUT2D eigenvalue weighted by atomic mass is 9.94. The van der Waals surface area contributed by atoms with Crippen LogP contribution >= 0.6 is 0 Å². The fourth-order valence-electron chi connectivity index (χ4n) is 8.51. The normalized spacial score (nSPS) is 12.0. The van der Waals surface area contributed by atoms with Crippen molar-refractivity contribution in [3.63, 3.8) is 0 Å². The highest BCUT2D eigenvalue weighted by Gasteiger charge is 2.21. The quantitative estimate of drug-likeness (QED) is 0.171. The Labute approximate surface area is 288 Å². The first-order valence-corrected chi connectivity index (χ1v) is 17.3. The molecule has 0 aliphatic carbocycles. The fourth-order valence-corrected chi connectivity index (χ4v) is 8.51. The molecule has 11 aromatic rings. The number of hydrogen-bond acceptors (Lipinski definition) is 0. The molecule has 0 amide bonds. The molecule has 0 saturated carbocycles. The maximum Gasteiger partial charge on any atom is 0.0788 e. The molecular weight excluding hydrogens is 605 g/mol. The van der Waals surface area contributed by atoms with E-state index in [1.165, 1.54) is 87.1 Å². The van der Waals surface area contributed by atoms with E-state index >= 15 is 0 Å². The van der Waals surface area contributed by atoms with E-state index in [9.17, 15) is 0 Å². The van der Waals surface area contributed by atoms with E-state index in [-0.39, 0.29) is 0 Å². The van der Waals surface area contributed by atoms with Crippen molar-refractivity contribution in [1.82, 2.24) is 9.13 Å². The molecule has 2 aromatic heterocycles. The number of aromatic nitrogens is 2. The van der Waals surface area contributed by atoms with Crippen molar-refractivity contribution >= 4 is 75.9 Å². The summed E-state index contributed by atoms with van der Waals surface area (Å²) >= 11 is 0.